The Bertz CT molecular complexity index is 877. The lowest BCUT2D eigenvalue weighted by molar-refractivity contribution is 0.322. The van der Waals surface area contributed by atoms with Crippen molar-refractivity contribution in [2.75, 3.05) is 55.7 Å². The molecule has 0 aliphatic carbocycles. The number of halogens is 1. The highest BCUT2D eigenvalue weighted by Crippen LogP contribution is 2.39. The molecule has 0 aliphatic rings. The Morgan fingerprint density at radius 2 is 1.31 bits per heavy atom. The van der Waals surface area contributed by atoms with Crippen molar-refractivity contribution in [3.05, 3.63) is 41.5 Å². The normalized spacial score (nSPS) is 10.6. The molecule has 0 aromatic heterocycles. The molecule has 9 heteroatoms. The van der Waals surface area contributed by atoms with Gasteiger partial charge in [-0.2, -0.15) is 0 Å². The molecule has 0 aliphatic heterocycles. The van der Waals surface area contributed by atoms with Gasteiger partial charge in [0, 0.05) is 25.7 Å². The smallest absolute Gasteiger partial charge is 0.203 e. The Hall–Kier alpha value is -2.56. The van der Waals surface area contributed by atoms with Crippen LogP contribution >= 0.6 is 24.0 Å². The molecule has 0 saturated carbocycles. The Balaban J connectivity index is 0.00000512. The van der Waals surface area contributed by atoms with Crippen LogP contribution in [0.25, 0.3) is 0 Å². The van der Waals surface area contributed by atoms with Crippen LogP contribution in [-0.4, -0.2) is 61.6 Å². The maximum absolute atomic E-state index is 5.55. The first kappa shape index (κ1) is 27.5. The summed E-state index contributed by atoms with van der Waals surface area (Å²) in [6.45, 7) is 1.41. The minimum Gasteiger partial charge on any atom is -0.493 e. The predicted octanol–water partition coefficient (Wildman–Crippen LogP) is 3.30. The number of nitrogens with zero attached hydrogens (tertiary/aromatic N) is 1. The van der Waals surface area contributed by atoms with Gasteiger partial charge >= 0.3 is 0 Å². The molecule has 0 bridgehead atoms. The molecule has 8 nitrogen and oxygen atoms in total. The van der Waals surface area contributed by atoms with E-state index in [1.54, 1.807) is 42.6 Å². The molecule has 0 amide bonds. The van der Waals surface area contributed by atoms with Crippen molar-refractivity contribution >= 4 is 29.9 Å². The highest BCUT2D eigenvalue weighted by molar-refractivity contribution is 14.0. The number of methoxy groups -OCH3 is 5. The predicted molar refractivity (Wildman–Crippen MR) is 138 cm³/mol. The molecule has 0 saturated heterocycles. The van der Waals surface area contributed by atoms with E-state index in [1.807, 2.05) is 30.3 Å². The quantitative estimate of drug-likeness (QED) is 0.249. The fourth-order valence-electron chi connectivity index (χ4n) is 3.26. The lowest BCUT2D eigenvalue weighted by Gasteiger charge is -2.17. The summed E-state index contributed by atoms with van der Waals surface area (Å²) in [5.41, 5.74) is 2.17. The van der Waals surface area contributed by atoms with Gasteiger partial charge in [-0.05, 0) is 36.6 Å². The zero-order chi connectivity index (χ0) is 22.6. The van der Waals surface area contributed by atoms with E-state index in [0.29, 0.717) is 23.8 Å². The maximum Gasteiger partial charge on any atom is 0.203 e. The zero-order valence-electron chi connectivity index (χ0n) is 19.6. The summed E-state index contributed by atoms with van der Waals surface area (Å²) in [5.74, 6) is 4.11. The molecule has 2 aromatic rings. The summed E-state index contributed by atoms with van der Waals surface area (Å²) in [7, 11) is 9.86. The number of benzene rings is 2. The van der Waals surface area contributed by atoms with E-state index in [9.17, 15) is 0 Å². The van der Waals surface area contributed by atoms with Crippen molar-refractivity contribution in [1.29, 1.82) is 0 Å². The second-order valence-corrected chi connectivity index (χ2v) is 6.61. The Morgan fingerprint density at radius 1 is 0.719 bits per heavy atom. The summed E-state index contributed by atoms with van der Waals surface area (Å²) in [6, 6.07) is 9.79. The lowest BCUT2D eigenvalue weighted by Crippen LogP contribution is -2.39. The summed E-state index contributed by atoms with van der Waals surface area (Å²) in [5, 5.41) is 6.66. The van der Waals surface area contributed by atoms with Gasteiger partial charge in [-0.15, -0.1) is 24.0 Å². The second kappa shape index (κ2) is 14.5. The first-order valence-electron chi connectivity index (χ1n) is 10.0. The first-order chi connectivity index (χ1) is 15.1. The topological polar surface area (TPSA) is 82.6 Å². The lowest BCUT2D eigenvalue weighted by atomic mass is 10.1. The molecule has 32 heavy (non-hydrogen) atoms. The van der Waals surface area contributed by atoms with E-state index in [-0.39, 0.29) is 24.0 Å². The van der Waals surface area contributed by atoms with Crippen LogP contribution in [0.1, 0.15) is 11.1 Å². The minimum absolute atomic E-state index is 0. The van der Waals surface area contributed by atoms with Gasteiger partial charge in [0.15, 0.2) is 29.0 Å². The standard InChI is InChI=1S/C23H33N3O5.HI/c1-24-23(25-13-11-16-7-9-18(27-2)20(15-16)29-4)26-14-12-17-8-10-19(28-3)22(31-6)21(17)30-5;/h7-10,15H,11-14H2,1-6H3,(H2,24,25,26);1H. The van der Waals surface area contributed by atoms with Crippen LogP contribution in [0, 0.1) is 0 Å². The molecular formula is C23H34IN3O5. The van der Waals surface area contributed by atoms with Crippen LogP contribution in [0.3, 0.4) is 0 Å². The Kier molecular flexibility index (Phi) is 12.4. The third-order valence-corrected chi connectivity index (χ3v) is 4.85. The number of guanidine groups is 1. The molecule has 0 spiro atoms. The monoisotopic (exact) mass is 559 g/mol. The van der Waals surface area contributed by atoms with Crippen molar-refractivity contribution in [2.24, 2.45) is 4.99 Å². The summed E-state index contributed by atoms with van der Waals surface area (Å²) >= 11 is 0. The van der Waals surface area contributed by atoms with Gasteiger partial charge in [0.2, 0.25) is 5.75 Å². The first-order valence-corrected chi connectivity index (χ1v) is 10.0. The van der Waals surface area contributed by atoms with E-state index in [1.165, 1.54) is 0 Å². The molecule has 0 radical (unpaired) electrons. The van der Waals surface area contributed by atoms with E-state index in [4.69, 9.17) is 23.7 Å². The van der Waals surface area contributed by atoms with Gasteiger partial charge in [-0.1, -0.05) is 12.1 Å². The number of rotatable bonds is 11. The van der Waals surface area contributed by atoms with Crippen molar-refractivity contribution in [3.8, 4) is 28.7 Å². The van der Waals surface area contributed by atoms with Crippen molar-refractivity contribution in [2.45, 2.75) is 12.8 Å². The van der Waals surface area contributed by atoms with Gasteiger partial charge < -0.3 is 34.3 Å². The number of aliphatic imine (C=N–C) groups is 1. The number of nitrogens with one attached hydrogen (secondary N) is 2. The van der Waals surface area contributed by atoms with E-state index >= 15 is 0 Å². The summed E-state index contributed by atoms with van der Waals surface area (Å²) < 4.78 is 27.0. The van der Waals surface area contributed by atoms with E-state index in [2.05, 4.69) is 15.6 Å². The van der Waals surface area contributed by atoms with Gasteiger partial charge in [0.25, 0.3) is 0 Å². The van der Waals surface area contributed by atoms with Crippen LogP contribution in [-0.2, 0) is 12.8 Å². The van der Waals surface area contributed by atoms with Crippen molar-refractivity contribution < 1.29 is 23.7 Å². The molecule has 0 heterocycles. The number of ether oxygens (including phenoxy) is 5. The van der Waals surface area contributed by atoms with Gasteiger partial charge in [0.05, 0.1) is 35.5 Å². The molecule has 2 N–H and O–H groups in total. The van der Waals surface area contributed by atoms with Gasteiger partial charge in [-0.3, -0.25) is 4.99 Å². The maximum atomic E-state index is 5.55. The zero-order valence-corrected chi connectivity index (χ0v) is 21.9. The molecule has 2 rings (SSSR count). The van der Waals surface area contributed by atoms with Crippen LogP contribution in [0.15, 0.2) is 35.3 Å². The van der Waals surface area contributed by atoms with E-state index in [0.717, 1.165) is 48.0 Å². The molecular weight excluding hydrogens is 525 g/mol. The third-order valence-electron chi connectivity index (χ3n) is 4.85. The van der Waals surface area contributed by atoms with Gasteiger partial charge in [0.1, 0.15) is 0 Å². The average molecular weight is 559 g/mol. The molecule has 0 unspecified atom stereocenters. The number of hydrogen-bond donors (Lipinski definition) is 2. The van der Waals surface area contributed by atoms with Crippen molar-refractivity contribution in [1.82, 2.24) is 10.6 Å². The van der Waals surface area contributed by atoms with E-state index < -0.39 is 0 Å². The largest absolute Gasteiger partial charge is 0.493 e. The number of hydrogen-bond acceptors (Lipinski definition) is 6. The molecule has 0 fully saturated rings. The van der Waals surface area contributed by atoms with Crippen LogP contribution in [0.4, 0.5) is 0 Å². The fourth-order valence-corrected chi connectivity index (χ4v) is 3.26. The summed E-state index contributed by atoms with van der Waals surface area (Å²) in [6.07, 6.45) is 1.56. The van der Waals surface area contributed by atoms with Gasteiger partial charge in [-0.25, -0.2) is 0 Å². The molecule has 2 aromatic carbocycles. The summed E-state index contributed by atoms with van der Waals surface area (Å²) in [4.78, 5) is 4.29. The average Bonchev–Trinajstić information content (AvgIpc) is 2.82. The van der Waals surface area contributed by atoms with Crippen LogP contribution < -0.4 is 34.3 Å². The molecule has 0 atom stereocenters. The SMILES string of the molecule is CN=C(NCCc1ccc(OC)c(OC)c1)NCCc1ccc(OC)c(OC)c1OC.I. The van der Waals surface area contributed by atoms with Crippen LogP contribution in [0.5, 0.6) is 28.7 Å². The molecule has 178 valence electrons. The van der Waals surface area contributed by atoms with Crippen LogP contribution in [0.2, 0.25) is 0 Å². The third kappa shape index (κ3) is 7.25. The highest BCUT2D eigenvalue weighted by atomic mass is 127. The Morgan fingerprint density at radius 3 is 1.88 bits per heavy atom. The minimum atomic E-state index is 0. The van der Waals surface area contributed by atoms with Crippen molar-refractivity contribution in [3.63, 3.8) is 0 Å². The second-order valence-electron chi connectivity index (χ2n) is 6.61. The Labute approximate surface area is 207 Å². The highest BCUT2D eigenvalue weighted by Gasteiger charge is 2.15. The fraction of sp³-hybridized carbons (Fsp3) is 0.435.